The molecule has 2 aromatic carbocycles. The molecule has 0 radical (unpaired) electrons. The van der Waals surface area contributed by atoms with E-state index in [1.54, 1.807) is 6.92 Å². The molecule has 2 rings (SSSR count). The van der Waals surface area contributed by atoms with E-state index < -0.39 is 0 Å². The van der Waals surface area contributed by atoms with Crippen molar-refractivity contribution in [3.8, 4) is 0 Å². The Labute approximate surface area is 131 Å². The molecule has 0 saturated heterocycles. The molecule has 0 heterocycles. The Morgan fingerprint density at radius 1 is 1.14 bits per heavy atom. The molecule has 0 aliphatic rings. The number of nitrogens with one attached hydrogen (secondary N) is 1. The molecule has 0 fully saturated rings. The predicted octanol–water partition coefficient (Wildman–Crippen LogP) is 3.67. The van der Waals surface area contributed by atoms with Crippen LogP contribution in [0.25, 0.3) is 0 Å². The van der Waals surface area contributed by atoms with E-state index in [-0.39, 0.29) is 5.97 Å². The van der Waals surface area contributed by atoms with Gasteiger partial charge in [-0.3, -0.25) is 0 Å². The molecule has 0 aliphatic heterocycles. The number of carbonyl (C=O) groups excluding carboxylic acids is 1. The fourth-order valence-electron chi connectivity index (χ4n) is 2.19. The van der Waals surface area contributed by atoms with Crippen LogP contribution in [0.4, 0.5) is 11.4 Å². The summed E-state index contributed by atoms with van der Waals surface area (Å²) in [6.07, 6.45) is 0. The number of para-hydroxylation sites is 1. The average molecular weight is 298 g/mol. The summed E-state index contributed by atoms with van der Waals surface area (Å²) in [6, 6.07) is 15.6. The van der Waals surface area contributed by atoms with Crippen molar-refractivity contribution in [2.24, 2.45) is 0 Å². The van der Waals surface area contributed by atoms with Crippen molar-refractivity contribution >= 4 is 17.3 Å². The summed E-state index contributed by atoms with van der Waals surface area (Å²) in [4.78, 5) is 14.0. The fourth-order valence-corrected chi connectivity index (χ4v) is 2.19. The summed E-state index contributed by atoms with van der Waals surface area (Å²) in [5.74, 6) is -0.296. The fraction of sp³-hybridized carbons (Fsp3) is 0.278. The van der Waals surface area contributed by atoms with E-state index in [0.29, 0.717) is 12.2 Å². The number of ether oxygens (including phenoxy) is 1. The summed E-state index contributed by atoms with van der Waals surface area (Å²) in [5, 5.41) is 3.38. The number of nitrogens with zero attached hydrogens (tertiary/aromatic N) is 1. The predicted molar refractivity (Wildman–Crippen MR) is 89.5 cm³/mol. The molecule has 0 amide bonds. The van der Waals surface area contributed by atoms with E-state index in [0.717, 1.165) is 23.5 Å². The quantitative estimate of drug-likeness (QED) is 0.826. The molecule has 0 unspecified atom stereocenters. The van der Waals surface area contributed by atoms with Gasteiger partial charge in [0.25, 0.3) is 0 Å². The number of hydrogen-bond donors (Lipinski definition) is 1. The van der Waals surface area contributed by atoms with Crippen LogP contribution in [0.1, 0.15) is 22.8 Å². The van der Waals surface area contributed by atoms with Crippen LogP contribution in [0.3, 0.4) is 0 Å². The van der Waals surface area contributed by atoms with Gasteiger partial charge in [-0.15, -0.1) is 0 Å². The monoisotopic (exact) mass is 298 g/mol. The second-order valence-electron chi connectivity index (χ2n) is 5.32. The zero-order valence-corrected chi connectivity index (χ0v) is 13.3. The Hall–Kier alpha value is -2.33. The van der Waals surface area contributed by atoms with Crippen LogP contribution in [0.2, 0.25) is 0 Å². The number of benzene rings is 2. The van der Waals surface area contributed by atoms with Crippen LogP contribution in [0, 0.1) is 0 Å². The van der Waals surface area contributed by atoms with Crippen LogP contribution < -0.4 is 5.32 Å². The van der Waals surface area contributed by atoms with Gasteiger partial charge in [-0.25, -0.2) is 4.79 Å². The molecule has 0 atom stereocenters. The maximum Gasteiger partial charge on any atom is 0.338 e. The van der Waals surface area contributed by atoms with E-state index in [9.17, 15) is 4.79 Å². The summed E-state index contributed by atoms with van der Waals surface area (Å²) in [6.45, 7) is 2.97. The molecule has 4 nitrogen and oxygen atoms in total. The maximum absolute atomic E-state index is 11.9. The van der Waals surface area contributed by atoms with Gasteiger partial charge in [-0.1, -0.05) is 24.3 Å². The largest absolute Gasteiger partial charge is 0.462 e. The first-order chi connectivity index (χ1) is 10.6. The SMILES string of the molecule is CCOC(=O)c1ccc(CN(C)C)c(Nc2ccccc2)c1. The number of carbonyl (C=O) groups is 1. The van der Waals surface area contributed by atoms with Crippen molar-refractivity contribution in [2.45, 2.75) is 13.5 Å². The van der Waals surface area contributed by atoms with Crippen molar-refractivity contribution in [3.63, 3.8) is 0 Å². The standard InChI is InChI=1S/C18H22N2O2/c1-4-22-18(21)14-10-11-15(13-20(2)3)17(12-14)19-16-8-6-5-7-9-16/h5-12,19H,4,13H2,1-3H3. The lowest BCUT2D eigenvalue weighted by molar-refractivity contribution is 0.0526. The molecule has 4 heteroatoms. The molecule has 0 aromatic heterocycles. The smallest absolute Gasteiger partial charge is 0.338 e. The third-order valence-corrected chi connectivity index (χ3v) is 3.16. The minimum absolute atomic E-state index is 0.296. The zero-order valence-electron chi connectivity index (χ0n) is 13.3. The molecule has 22 heavy (non-hydrogen) atoms. The van der Waals surface area contributed by atoms with Gasteiger partial charge in [0.15, 0.2) is 0 Å². The Bertz CT molecular complexity index is 624. The van der Waals surface area contributed by atoms with E-state index in [4.69, 9.17) is 4.74 Å². The van der Waals surface area contributed by atoms with Crippen LogP contribution in [-0.2, 0) is 11.3 Å². The van der Waals surface area contributed by atoms with Gasteiger partial charge in [-0.2, -0.15) is 0 Å². The number of esters is 1. The third-order valence-electron chi connectivity index (χ3n) is 3.16. The summed E-state index contributed by atoms with van der Waals surface area (Å²) in [5.41, 5.74) is 3.60. The summed E-state index contributed by atoms with van der Waals surface area (Å²) < 4.78 is 5.08. The maximum atomic E-state index is 11.9. The minimum Gasteiger partial charge on any atom is -0.462 e. The van der Waals surface area contributed by atoms with Crippen LogP contribution in [0.5, 0.6) is 0 Å². The lowest BCUT2D eigenvalue weighted by Crippen LogP contribution is -2.13. The molecular formula is C18H22N2O2. The molecule has 0 aliphatic carbocycles. The highest BCUT2D eigenvalue weighted by atomic mass is 16.5. The molecule has 1 N–H and O–H groups in total. The van der Waals surface area contributed by atoms with Crippen molar-refractivity contribution in [2.75, 3.05) is 26.0 Å². The second kappa shape index (κ2) is 7.61. The highest BCUT2D eigenvalue weighted by Crippen LogP contribution is 2.24. The molecular weight excluding hydrogens is 276 g/mol. The average Bonchev–Trinajstić information content (AvgIpc) is 2.50. The number of hydrogen-bond acceptors (Lipinski definition) is 4. The molecule has 0 saturated carbocycles. The van der Waals surface area contributed by atoms with E-state index >= 15 is 0 Å². The minimum atomic E-state index is -0.296. The Morgan fingerprint density at radius 2 is 1.86 bits per heavy atom. The molecule has 116 valence electrons. The topological polar surface area (TPSA) is 41.6 Å². The van der Waals surface area contributed by atoms with Gasteiger partial charge >= 0.3 is 5.97 Å². The number of rotatable bonds is 6. The summed E-state index contributed by atoms with van der Waals surface area (Å²) in [7, 11) is 4.04. The Morgan fingerprint density at radius 3 is 2.50 bits per heavy atom. The first kappa shape index (κ1) is 16.0. The molecule has 0 spiro atoms. The van der Waals surface area contributed by atoms with Gasteiger partial charge in [-0.05, 0) is 50.8 Å². The Balaban J connectivity index is 2.32. The van der Waals surface area contributed by atoms with Crippen molar-refractivity contribution < 1.29 is 9.53 Å². The van der Waals surface area contributed by atoms with Gasteiger partial charge in [0, 0.05) is 17.9 Å². The van der Waals surface area contributed by atoms with Crippen molar-refractivity contribution in [3.05, 3.63) is 59.7 Å². The lowest BCUT2D eigenvalue weighted by Gasteiger charge is -2.17. The van der Waals surface area contributed by atoms with Crippen LogP contribution in [0.15, 0.2) is 48.5 Å². The van der Waals surface area contributed by atoms with Gasteiger partial charge in [0.2, 0.25) is 0 Å². The molecule has 2 aromatic rings. The van der Waals surface area contributed by atoms with Crippen molar-refractivity contribution in [1.29, 1.82) is 0 Å². The molecule has 0 bridgehead atoms. The van der Waals surface area contributed by atoms with E-state index in [1.807, 2.05) is 62.6 Å². The lowest BCUT2D eigenvalue weighted by atomic mass is 10.1. The first-order valence-electron chi connectivity index (χ1n) is 7.37. The summed E-state index contributed by atoms with van der Waals surface area (Å²) >= 11 is 0. The third kappa shape index (κ3) is 4.33. The second-order valence-corrected chi connectivity index (χ2v) is 5.32. The Kier molecular flexibility index (Phi) is 5.55. The van der Waals surface area contributed by atoms with Gasteiger partial charge in [0.05, 0.1) is 12.2 Å². The van der Waals surface area contributed by atoms with E-state index in [1.165, 1.54) is 0 Å². The first-order valence-corrected chi connectivity index (χ1v) is 7.37. The van der Waals surface area contributed by atoms with Gasteiger partial charge < -0.3 is 15.0 Å². The van der Waals surface area contributed by atoms with Crippen LogP contribution in [-0.4, -0.2) is 31.6 Å². The highest BCUT2D eigenvalue weighted by molar-refractivity contribution is 5.91. The number of anilines is 2. The van der Waals surface area contributed by atoms with Crippen LogP contribution >= 0.6 is 0 Å². The zero-order chi connectivity index (χ0) is 15.9. The highest BCUT2D eigenvalue weighted by Gasteiger charge is 2.11. The van der Waals surface area contributed by atoms with Crippen molar-refractivity contribution in [1.82, 2.24) is 4.90 Å². The normalized spacial score (nSPS) is 10.5. The van der Waals surface area contributed by atoms with E-state index in [2.05, 4.69) is 10.2 Å². The van der Waals surface area contributed by atoms with Gasteiger partial charge in [0.1, 0.15) is 0 Å².